The van der Waals surface area contributed by atoms with Gasteiger partial charge in [0.1, 0.15) is 29.9 Å². The number of halogens is 1. The van der Waals surface area contributed by atoms with Gasteiger partial charge in [0, 0.05) is 26.1 Å². The van der Waals surface area contributed by atoms with Crippen molar-refractivity contribution in [3.05, 3.63) is 53.3 Å². The van der Waals surface area contributed by atoms with Crippen molar-refractivity contribution in [3.8, 4) is 16.9 Å². The third-order valence-corrected chi connectivity index (χ3v) is 5.94. The van der Waals surface area contributed by atoms with Crippen LogP contribution in [0.1, 0.15) is 31.9 Å². The van der Waals surface area contributed by atoms with Crippen LogP contribution in [-0.4, -0.2) is 60.0 Å². The SMILES string of the molecule is CO[C@@H]1[C@@H](O)[C@@H](O)C(Oc2cc(-c3ccccc3)c(CCNC(C)=O)c(F)c2C)OC1(C)C. The fraction of sp³-hybridized carbons (Fsp3) is 0.480. The van der Waals surface area contributed by atoms with Gasteiger partial charge in [0.2, 0.25) is 12.2 Å². The Labute approximate surface area is 193 Å². The van der Waals surface area contributed by atoms with Crippen molar-refractivity contribution in [1.29, 1.82) is 0 Å². The van der Waals surface area contributed by atoms with E-state index in [1.54, 1.807) is 26.8 Å². The van der Waals surface area contributed by atoms with Crippen molar-refractivity contribution in [2.45, 2.75) is 64.3 Å². The maximum absolute atomic E-state index is 15.6. The van der Waals surface area contributed by atoms with Gasteiger partial charge in [-0.25, -0.2) is 4.39 Å². The van der Waals surface area contributed by atoms with Crippen molar-refractivity contribution in [2.24, 2.45) is 0 Å². The molecule has 0 aromatic heterocycles. The molecule has 0 bridgehead atoms. The number of aliphatic hydroxyl groups is 2. The molecule has 33 heavy (non-hydrogen) atoms. The van der Waals surface area contributed by atoms with Crippen LogP contribution in [0, 0.1) is 12.7 Å². The number of carbonyl (C=O) groups excluding carboxylic acids is 1. The van der Waals surface area contributed by atoms with E-state index in [0.717, 1.165) is 5.56 Å². The summed E-state index contributed by atoms with van der Waals surface area (Å²) in [5.74, 6) is -0.457. The van der Waals surface area contributed by atoms with Gasteiger partial charge in [-0.3, -0.25) is 4.79 Å². The molecule has 7 nitrogen and oxygen atoms in total. The predicted molar refractivity (Wildman–Crippen MR) is 121 cm³/mol. The van der Waals surface area contributed by atoms with Crippen LogP contribution in [0.3, 0.4) is 0 Å². The standard InChI is InChI=1S/C25H32FNO6/c1-14-19(32-24-22(30)21(29)23(31-5)25(3,4)33-24)13-18(16-9-7-6-8-10-16)17(20(14)26)11-12-27-15(2)28/h6-10,13,21-24,29-30H,11-12H2,1-5H3,(H,27,28)/t21-,22+,23+,24?/m0/s1. The zero-order valence-electron chi connectivity index (χ0n) is 19.6. The van der Waals surface area contributed by atoms with Gasteiger partial charge in [-0.05, 0) is 49.9 Å². The van der Waals surface area contributed by atoms with Gasteiger partial charge in [-0.15, -0.1) is 0 Å². The topological polar surface area (TPSA) is 97.3 Å². The maximum atomic E-state index is 15.6. The first-order valence-electron chi connectivity index (χ1n) is 10.9. The number of aliphatic hydroxyl groups excluding tert-OH is 2. The molecule has 3 N–H and O–H groups in total. The first kappa shape index (κ1) is 25.1. The Morgan fingerprint density at radius 2 is 1.88 bits per heavy atom. The van der Waals surface area contributed by atoms with Gasteiger partial charge in [-0.2, -0.15) is 0 Å². The Morgan fingerprint density at radius 3 is 2.48 bits per heavy atom. The molecule has 0 spiro atoms. The summed E-state index contributed by atoms with van der Waals surface area (Å²) in [6.45, 7) is 6.72. The van der Waals surface area contributed by atoms with Crippen LogP contribution >= 0.6 is 0 Å². The molecule has 1 fully saturated rings. The minimum atomic E-state index is -1.40. The summed E-state index contributed by atoms with van der Waals surface area (Å²) in [6.07, 6.45) is -4.35. The van der Waals surface area contributed by atoms with Crippen molar-refractivity contribution in [1.82, 2.24) is 5.32 Å². The molecule has 0 saturated carbocycles. The number of ether oxygens (including phenoxy) is 3. The number of nitrogens with one attached hydrogen (secondary N) is 1. The Morgan fingerprint density at radius 1 is 1.21 bits per heavy atom. The molecule has 3 rings (SSSR count). The van der Waals surface area contributed by atoms with Crippen LogP contribution in [0.25, 0.3) is 11.1 Å². The van der Waals surface area contributed by atoms with Crippen LogP contribution in [0.2, 0.25) is 0 Å². The Balaban J connectivity index is 1.99. The summed E-state index contributed by atoms with van der Waals surface area (Å²) >= 11 is 0. The van der Waals surface area contributed by atoms with Gasteiger partial charge in [0.15, 0.2) is 0 Å². The lowest BCUT2D eigenvalue weighted by Gasteiger charge is -2.46. The summed E-state index contributed by atoms with van der Waals surface area (Å²) in [6, 6.07) is 11.0. The minimum Gasteiger partial charge on any atom is -0.462 e. The number of hydrogen-bond acceptors (Lipinski definition) is 6. The summed E-state index contributed by atoms with van der Waals surface area (Å²) in [5.41, 5.74) is 1.13. The van der Waals surface area contributed by atoms with E-state index in [1.807, 2.05) is 30.3 Å². The van der Waals surface area contributed by atoms with Crippen molar-refractivity contribution in [3.63, 3.8) is 0 Å². The molecule has 8 heteroatoms. The highest BCUT2D eigenvalue weighted by Gasteiger charge is 2.50. The molecule has 4 atom stereocenters. The lowest BCUT2D eigenvalue weighted by atomic mass is 9.89. The summed E-state index contributed by atoms with van der Waals surface area (Å²) in [5, 5.41) is 23.8. The predicted octanol–water partition coefficient (Wildman–Crippen LogP) is 2.73. The quantitative estimate of drug-likeness (QED) is 0.587. The zero-order chi connectivity index (χ0) is 24.3. The Hall–Kier alpha value is -2.52. The van der Waals surface area contributed by atoms with Crippen molar-refractivity contribution in [2.75, 3.05) is 13.7 Å². The van der Waals surface area contributed by atoms with Crippen molar-refractivity contribution >= 4 is 5.91 Å². The molecule has 1 amide bonds. The van der Waals surface area contributed by atoms with Gasteiger partial charge in [-0.1, -0.05) is 30.3 Å². The van der Waals surface area contributed by atoms with Gasteiger partial charge in [0.25, 0.3) is 0 Å². The molecule has 0 radical (unpaired) electrons. The lowest BCUT2D eigenvalue weighted by Crippen LogP contribution is -2.63. The molecule has 180 valence electrons. The lowest BCUT2D eigenvalue weighted by molar-refractivity contribution is -0.306. The minimum absolute atomic E-state index is 0.188. The van der Waals surface area contributed by atoms with Crippen LogP contribution in [0.5, 0.6) is 5.75 Å². The van der Waals surface area contributed by atoms with E-state index in [2.05, 4.69) is 5.32 Å². The average Bonchev–Trinajstić information content (AvgIpc) is 2.76. The van der Waals surface area contributed by atoms with E-state index in [-0.39, 0.29) is 23.8 Å². The normalized spacial score (nSPS) is 24.4. The second-order valence-corrected chi connectivity index (χ2v) is 8.78. The fourth-order valence-corrected chi connectivity index (χ4v) is 4.21. The molecule has 1 aliphatic rings. The molecule has 2 aromatic rings. The number of methoxy groups -OCH3 is 1. The molecule has 1 saturated heterocycles. The molecule has 2 aromatic carbocycles. The highest BCUT2D eigenvalue weighted by atomic mass is 19.1. The highest BCUT2D eigenvalue weighted by molar-refractivity contribution is 5.73. The molecular weight excluding hydrogens is 429 g/mol. The number of carbonyl (C=O) groups is 1. The van der Waals surface area contributed by atoms with E-state index in [0.29, 0.717) is 17.5 Å². The molecule has 1 heterocycles. The van der Waals surface area contributed by atoms with E-state index >= 15 is 4.39 Å². The van der Waals surface area contributed by atoms with E-state index in [9.17, 15) is 15.0 Å². The molecule has 0 aliphatic carbocycles. The third kappa shape index (κ3) is 5.35. The average molecular weight is 462 g/mol. The van der Waals surface area contributed by atoms with Gasteiger partial charge >= 0.3 is 0 Å². The highest BCUT2D eigenvalue weighted by Crippen LogP contribution is 2.37. The smallest absolute Gasteiger partial charge is 0.229 e. The van der Waals surface area contributed by atoms with E-state index < -0.39 is 36.0 Å². The van der Waals surface area contributed by atoms with Crippen LogP contribution in [0.15, 0.2) is 36.4 Å². The van der Waals surface area contributed by atoms with E-state index in [1.165, 1.54) is 14.0 Å². The number of rotatable bonds is 7. The second-order valence-electron chi connectivity index (χ2n) is 8.78. The number of hydrogen-bond donors (Lipinski definition) is 3. The Bertz CT molecular complexity index is 981. The van der Waals surface area contributed by atoms with Crippen LogP contribution < -0.4 is 10.1 Å². The molecule has 1 unspecified atom stereocenters. The van der Waals surface area contributed by atoms with Gasteiger partial charge in [0.05, 0.1) is 5.60 Å². The largest absolute Gasteiger partial charge is 0.462 e. The van der Waals surface area contributed by atoms with Crippen LogP contribution in [0.4, 0.5) is 4.39 Å². The summed E-state index contributed by atoms with van der Waals surface area (Å²) in [4.78, 5) is 11.3. The molecular formula is C25H32FNO6. The van der Waals surface area contributed by atoms with Gasteiger partial charge < -0.3 is 29.7 Å². The first-order chi connectivity index (χ1) is 15.6. The maximum Gasteiger partial charge on any atom is 0.229 e. The van der Waals surface area contributed by atoms with Crippen LogP contribution in [-0.2, 0) is 20.7 Å². The second kappa shape index (κ2) is 10.2. The summed E-state index contributed by atoms with van der Waals surface area (Å²) < 4.78 is 32.7. The van der Waals surface area contributed by atoms with Crippen molar-refractivity contribution < 1.29 is 33.6 Å². The monoisotopic (exact) mass is 461 g/mol. The number of benzene rings is 2. The third-order valence-electron chi connectivity index (χ3n) is 5.94. The fourth-order valence-electron chi connectivity index (χ4n) is 4.21. The number of amides is 1. The Kier molecular flexibility index (Phi) is 7.74. The molecule has 1 aliphatic heterocycles. The first-order valence-corrected chi connectivity index (χ1v) is 10.9. The van der Waals surface area contributed by atoms with E-state index in [4.69, 9.17) is 14.2 Å². The summed E-state index contributed by atoms with van der Waals surface area (Å²) in [7, 11) is 1.43. The zero-order valence-corrected chi connectivity index (χ0v) is 19.6.